The number of benzene rings is 1. The van der Waals surface area contributed by atoms with Crippen LogP contribution in [-0.4, -0.2) is 18.7 Å². The molecule has 2 nitrogen and oxygen atoms in total. The first-order valence-corrected chi connectivity index (χ1v) is 6.88. The molecule has 0 amide bonds. The van der Waals surface area contributed by atoms with Gasteiger partial charge in [0.25, 0.3) is 0 Å². The first-order chi connectivity index (χ1) is 8.79. The third-order valence-electron chi connectivity index (χ3n) is 3.50. The first-order valence-electron chi connectivity index (χ1n) is 6.88. The van der Waals surface area contributed by atoms with E-state index in [1.54, 1.807) is 12.1 Å². The highest BCUT2D eigenvalue weighted by molar-refractivity contribution is 5.16. The van der Waals surface area contributed by atoms with Crippen LogP contribution in [0.5, 0.6) is 0 Å². The van der Waals surface area contributed by atoms with E-state index < -0.39 is 0 Å². The van der Waals surface area contributed by atoms with Crippen molar-refractivity contribution in [2.45, 2.75) is 51.4 Å². The van der Waals surface area contributed by atoms with Gasteiger partial charge in [-0.3, -0.25) is 0 Å². The Labute approximate surface area is 109 Å². The molecule has 0 spiro atoms. The van der Waals surface area contributed by atoms with E-state index in [0.29, 0.717) is 18.2 Å². The molecule has 1 N–H and O–H groups in total. The molecule has 1 aromatic rings. The Morgan fingerprint density at radius 3 is 2.94 bits per heavy atom. The molecule has 0 saturated heterocycles. The molecule has 1 aliphatic rings. The van der Waals surface area contributed by atoms with Gasteiger partial charge in [-0.2, -0.15) is 0 Å². The van der Waals surface area contributed by atoms with Crippen LogP contribution >= 0.6 is 0 Å². The Morgan fingerprint density at radius 2 is 2.17 bits per heavy atom. The van der Waals surface area contributed by atoms with Gasteiger partial charge in [0.1, 0.15) is 5.82 Å². The summed E-state index contributed by atoms with van der Waals surface area (Å²) in [4.78, 5) is 0. The zero-order chi connectivity index (χ0) is 12.8. The van der Waals surface area contributed by atoms with Crippen LogP contribution in [0.4, 0.5) is 4.39 Å². The normalized spacial score (nSPS) is 23.4. The monoisotopic (exact) mass is 251 g/mol. The standard InChI is InChI=1S/C15H22FNO/c1-2-9-17-13-7-8-14(10-13)18-11-12-5-3-4-6-15(12)16/h3-6,13-14,17H,2,7-11H2,1H3. The maximum atomic E-state index is 13.4. The molecule has 0 heterocycles. The summed E-state index contributed by atoms with van der Waals surface area (Å²) in [5, 5.41) is 3.52. The fourth-order valence-corrected chi connectivity index (χ4v) is 2.45. The highest BCUT2D eigenvalue weighted by Crippen LogP contribution is 2.23. The second-order valence-corrected chi connectivity index (χ2v) is 4.99. The predicted octanol–water partition coefficient (Wildman–Crippen LogP) is 3.26. The summed E-state index contributed by atoms with van der Waals surface area (Å²) in [6.45, 7) is 3.64. The third kappa shape index (κ3) is 3.79. The van der Waals surface area contributed by atoms with E-state index in [-0.39, 0.29) is 11.9 Å². The zero-order valence-corrected chi connectivity index (χ0v) is 11.0. The van der Waals surface area contributed by atoms with Gasteiger partial charge in [0, 0.05) is 11.6 Å². The minimum atomic E-state index is -0.170. The molecule has 0 bridgehead atoms. The van der Waals surface area contributed by atoms with Crippen molar-refractivity contribution >= 4 is 0 Å². The molecule has 1 aliphatic carbocycles. The van der Waals surface area contributed by atoms with Gasteiger partial charge in [0.15, 0.2) is 0 Å². The van der Waals surface area contributed by atoms with Gasteiger partial charge < -0.3 is 10.1 Å². The fraction of sp³-hybridized carbons (Fsp3) is 0.600. The van der Waals surface area contributed by atoms with Gasteiger partial charge in [0.05, 0.1) is 12.7 Å². The van der Waals surface area contributed by atoms with Crippen molar-refractivity contribution in [3.05, 3.63) is 35.6 Å². The SMILES string of the molecule is CCCNC1CCC(OCc2ccccc2F)C1. The maximum Gasteiger partial charge on any atom is 0.128 e. The average molecular weight is 251 g/mol. The quantitative estimate of drug-likeness (QED) is 0.838. The number of nitrogens with one attached hydrogen (secondary N) is 1. The second-order valence-electron chi connectivity index (χ2n) is 4.99. The van der Waals surface area contributed by atoms with E-state index in [9.17, 15) is 4.39 Å². The highest BCUT2D eigenvalue weighted by atomic mass is 19.1. The summed E-state index contributed by atoms with van der Waals surface area (Å²) in [6.07, 6.45) is 4.74. The molecule has 1 aromatic carbocycles. The smallest absolute Gasteiger partial charge is 0.128 e. The van der Waals surface area contributed by atoms with E-state index in [1.165, 1.54) is 12.5 Å². The van der Waals surface area contributed by atoms with Gasteiger partial charge in [0.2, 0.25) is 0 Å². The molecule has 1 fully saturated rings. The summed E-state index contributed by atoms with van der Waals surface area (Å²) >= 11 is 0. The van der Waals surface area contributed by atoms with Crippen LogP contribution in [0.25, 0.3) is 0 Å². The average Bonchev–Trinajstić information content (AvgIpc) is 2.83. The molecule has 2 atom stereocenters. The number of rotatable bonds is 6. The summed E-state index contributed by atoms with van der Waals surface area (Å²) in [7, 11) is 0. The van der Waals surface area contributed by atoms with Crippen LogP contribution in [0.2, 0.25) is 0 Å². The van der Waals surface area contributed by atoms with Crippen LogP contribution in [0.15, 0.2) is 24.3 Å². The van der Waals surface area contributed by atoms with Crippen molar-refractivity contribution in [1.29, 1.82) is 0 Å². The molecular formula is C15H22FNO. The predicted molar refractivity (Wildman–Crippen MR) is 70.9 cm³/mol. The van der Waals surface area contributed by atoms with Gasteiger partial charge in [-0.25, -0.2) is 4.39 Å². The van der Waals surface area contributed by atoms with Gasteiger partial charge >= 0.3 is 0 Å². The van der Waals surface area contributed by atoms with Crippen molar-refractivity contribution in [1.82, 2.24) is 5.32 Å². The van der Waals surface area contributed by atoms with Crippen molar-refractivity contribution < 1.29 is 9.13 Å². The van der Waals surface area contributed by atoms with Crippen molar-refractivity contribution in [3.8, 4) is 0 Å². The Hall–Kier alpha value is -0.930. The number of hydrogen-bond acceptors (Lipinski definition) is 2. The lowest BCUT2D eigenvalue weighted by Gasteiger charge is -2.14. The van der Waals surface area contributed by atoms with Crippen LogP contribution in [0.1, 0.15) is 38.2 Å². The van der Waals surface area contributed by atoms with E-state index in [0.717, 1.165) is 25.8 Å². The van der Waals surface area contributed by atoms with Gasteiger partial charge in [-0.15, -0.1) is 0 Å². The van der Waals surface area contributed by atoms with E-state index in [1.807, 2.05) is 6.07 Å². The Balaban J connectivity index is 1.74. The van der Waals surface area contributed by atoms with Crippen LogP contribution in [0.3, 0.4) is 0 Å². The Bertz CT molecular complexity index is 369. The van der Waals surface area contributed by atoms with Gasteiger partial charge in [-0.1, -0.05) is 25.1 Å². The summed E-state index contributed by atoms with van der Waals surface area (Å²) in [6, 6.07) is 7.41. The largest absolute Gasteiger partial charge is 0.373 e. The van der Waals surface area contributed by atoms with Crippen molar-refractivity contribution in [2.24, 2.45) is 0 Å². The van der Waals surface area contributed by atoms with E-state index >= 15 is 0 Å². The molecule has 100 valence electrons. The molecular weight excluding hydrogens is 229 g/mol. The molecule has 1 saturated carbocycles. The molecule has 3 heteroatoms. The fourth-order valence-electron chi connectivity index (χ4n) is 2.45. The number of hydrogen-bond donors (Lipinski definition) is 1. The highest BCUT2D eigenvalue weighted by Gasteiger charge is 2.24. The maximum absolute atomic E-state index is 13.4. The summed E-state index contributed by atoms with van der Waals surface area (Å²) < 4.78 is 19.2. The summed E-state index contributed by atoms with van der Waals surface area (Å²) in [5.41, 5.74) is 0.655. The molecule has 0 aromatic heterocycles. The minimum absolute atomic E-state index is 0.170. The van der Waals surface area contributed by atoms with Crippen LogP contribution in [-0.2, 0) is 11.3 Å². The number of halogens is 1. The summed E-state index contributed by atoms with van der Waals surface area (Å²) in [5.74, 6) is -0.170. The minimum Gasteiger partial charge on any atom is -0.373 e. The van der Waals surface area contributed by atoms with E-state index in [2.05, 4.69) is 12.2 Å². The van der Waals surface area contributed by atoms with Crippen molar-refractivity contribution in [2.75, 3.05) is 6.54 Å². The lowest BCUT2D eigenvalue weighted by atomic mass is 10.2. The van der Waals surface area contributed by atoms with Gasteiger partial charge in [-0.05, 0) is 38.3 Å². The van der Waals surface area contributed by atoms with Crippen molar-refractivity contribution in [3.63, 3.8) is 0 Å². The first kappa shape index (κ1) is 13.5. The molecule has 2 rings (SSSR count). The zero-order valence-electron chi connectivity index (χ0n) is 11.0. The lowest BCUT2D eigenvalue weighted by Crippen LogP contribution is -2.27. The molecule has 0 aliphatic heterocycles. The topological polar surface area (TPSA) is 21.3 Å². The lowest BCUT2D eigenvalue weighted by molar-refractivity contribution is 0.0426. The van der Waals surface area contributed by atoms with Crippen LogP contribution < -0.4 is 5.32 Å². The molecule has 18 heavy (non-hydrogen) atoms. The molecule has 2 unspecified atom stereocenters. The number of ether oxygens (including phenoxy) is 1. The van der Waals surface area contributed by atoms with E-state index in [4.69, 9.17) is 4.74 Å². The van der Waals surface area contributed by atoms with Crippen LogP contribution in [0, 0.1) is 5.82 Å². The Kier molecular flexibility index (Phi) is 5.14. The third-order valence-corrected chi connectivity index (χ3v) is 3.50. The second kappa shape index (κ2) is 6.86. The Morgan fingerprint density at radius 1 is 1.33 bits per heavy atom. The molecule has 0 radical (unpaired) electrons.